The minimum absolute atomic E-state index is 0.00176. The molecular weight excluding hydrogens is 392 g/mol. The number of hydrogen-bond acceptors (Lipinski definition) is 6. The van der Waals surface area contributed by atoms with Crippen molar-refractivity contribution in [1.82, 2.24) is 21.7 Å². The molecule has 8 nitrogen and oxygen atoms in total. The fraction of sp³-hybridized carbons (Fsp3) is 0.300. The zero-order valence-corrected chi connectivity index (χ0v) is 17.0. The van der Waals surface area contributed by atoms with Crippen LogP contribution in [-0.4, -0.2) is 31.5 Å². The molecule has 154 valence electrons. The van der Waals surface area contributed by atoms with Gasteiger partial charge in [0.1, 0.15) is 6.04 Å². The van der Waals surface area contributed by atoms with Gasteiger partial charge in [-0.3, -0.25) is 20.4 Å². The lowest BCUT2D eigenvalue weighted by Crippen LogP contribution is -2.50. The Hall–Kier alpha value is -2.75. The first-order valence-corrected chi connectivity index (χ1v) is 10.8. The van der Waals surface area contributed by atoms with Gasteiger partial charge in [0.15, 0.2) is 9.84 Å². The quantitative estimate of drug-likeness (QED) is 0.545. The van der Waals surface area contributed by atoms with E-state index in [1.165, 1.54) is 24.3 Å². The summed E-state index contributed by atoms with van der Waals surface area (Å²) in [6, 6.07) is 14.8. The van der Waals surface area contributed by atoms with Gasteiger partial charge in [-0.15, -0.1) is 0 Å². The first-order valence-electron chi connectivity index (χ1n) is 9.29. The van der Waals surface area contributed by atoms with Crippen LogP contribution in [0.4, 0.5) is 0 Å². The van der Waals surface area contributed by atoms with Crippen molar-refractivity contribution in [3.8, 4) is 0 Å². The Morgan fingerprint density at radius 2 is 1.62 bits per heavy atom. The monoisotopic (exact) mass is 416 g/mol. The number of hydrazine groups is 2. The van der Waals surface area contributed by atoms with Crippen LogP contribution in [0.25, 0.3) is 0 Å². The lowest BCUT2D eigenvalue weighted by molar-refractivity contribution is -0.123. The highest BCUT2D eigenvalue weighted by Gasteiger charge is 2.30. The molecule has 1 aliphatic rings. The van der Waals surface area contributed by atoms with Gasteiger partial charge in [-0.2, -0.15) is 0 Å². The highest BCUT2D eigenvalue weighted by atomic mass is 32.2. The summed E-state index contributed by atoms with van der Waals surface area (Å²) in [6.45, 7) is 3.19. The van der Waals surface area contributed by atoms with Gasteiger partial charge in [0.25, 0.3) is 11.8 Å². The highest BCUT2D eigenvalue weighted by molar-refractivity contribution is 7.92. The van der Waals surface area contributed by atoms with Crippen LogP contribution in [0, 0.1) is 0 Å². The van der Waals surface area contributed by atoms with E-state index in [2.05, 4.69) is 21.7 Å². The standard InChI is InChI=1S/C20H24N4O4S/c1-13(2)29(27,28)16-10-8-15(9-11-16)19(25)23-24-20(26)18-12-17(21-22-18)14-6-4-3-5-7-14/h3-11,13,17-18,21-22H,12H2,1-2H3,(H,23,25)(H,24,26). The zero-order chi connectivity index (χ0) is 21.0. The Kier molecular flexibility index (Phi) is 6.31. The summed E-state index contributed by atoms with van der Waals surface area (Å²) >= 11 is 0. The average molecular weight is 417 g/mol. The van der Waals surface area contributed by atoms with E-state index in [4.69, 9.17) is 0 Å². The van der Waals surface area contributed by atoms with Gasteiger partial charge < -0.3 is 0 Å². The van der Waals surface area contributed by atoms with Gasteiger partial charge in [0.2, 0.25) is 0 Å². The molecule has 2 amide bonds. The number of carbonyl (C=O) groups is 2. The maximum atomic E-state index is 12.3. The highest BCUT2D eigenvalue weighted by Crippen LogP contribution is 2.21. The van der Waals surface area contributed by atoms with E-state index in [9.17, 15) is 18.0 Å². The van der Waals surface area contributed by atoms with E-state index >= 15 is 0 Å². The molecule has 0 spiro atoms. The summed E-state index contributed by atoms with van der Waals surface area (Å²) in [6.07, 6.45) is 0.535. The van der Waals surface area contributed by atoms with Crippen molar-refractivity contribution in [1.29, 1.82) is 0 Å². The van der Waals surface area contributed by atoms with E-state index in [1.807, 2.05) is 30.3 Å². The predicted octanol–water partition coefficient (Wildman–Crippen LogP) is 1.24. The van der Waals surface area contributed by atoms with Gasteiger partial charge in [-0.1, -0.05) is 30.3 Å². The van der Waals surface area contributed by atoms with Crippen LogP contribution < -0.4 is 21.7 Å². The van der Waals surface area contributed by atoms with E-state index in [0.29, 0.717) is 6.42 Å². The molecule has 3 rings (SSSR count). The minimum atomic E-state index is -3.40. The van der Waals surface area contributed by atoms with Crippen LogP contribution in [0.3, 0.4) is 0 Å². The fourth-order valence-electron chi connectivity index (χ4n) is 2.98. The Balaban J connectivity index is 1.53. The van der Waals surface area contributed by atoms with Crippen molar-refractivity contribution in [2.45, 2.75) is 42.5 Å². The summed E-state index contributed by atoms with van der Waals surface area (Å²) in [5, 5.41) is -0.548. The molecule has 0 bridgehead atoms. The van der Waals surface area contributed by atoms with Gasteiger partial charge in [-0.25, -0.2) is 19.3 Å². The number of sulfone groups is 1. The smallest absolute Gasteiger partial charge is 0.269 e. The summed E-state index contributed by atoms with van der Waals surface area (Å²) in [5.41, 5.74) is 12.1. The molecular formula is C20H24N4O4S. The maximum absolute atomic E-state index is 12.3. The number of carbonyl (C=O) groups excluding carboxylic acids is 2. The Morgan fingerprint density at radius 1 is 0.966 bits per heavy atom. The molecule has 0 radical (unpaired) electrons. The van der Waals surface area contributed by atoms with Crippen LogP contribution in [0.5, 0.6) is 0 Å². The number of benzene rings is 2. The van der Waals surface area contributed by atoms with E-state index in [1.54, 1.807) is 13.8 Å². The van der Waals surface area contributed by atoms with E-state index in [0.717, 1.165) is 5.56 Å². The molecule has 1 heterocycles. The molecule has 0 saturated carbocycles. The topological polar surface area (TPSA) is 116 Å². The fourth-order valence-corrected chi connectivity index (χ4v) is 4.04. The molecule has 29 heavy (non-hydrogen) atoms. The Morgan fingerprint density at radius 3 is 2.24 bits per heavy atom. The molecule has 2 aromatic carbocycles. The number of nitrogens with one attached hydrogen (secondary N) is 4. The molecule has 2 unspecified atom stereocenters. The van der Waals surface area contributed by atoms with Crippen LogP contribution >= 0.6 is 0 Å². The van der Waals surface area contributed by atoms with Crippen molar-refractivity contribution in [2.24, 2.45) is 0 Å². The first kappa shape index (κ1) is 21.0. The van der Waals surface area contributed by atoms with E-state index in [-0.39, 0.29) is 22.4 Å². The summed E-state index contributed by atoms with van der Waals surface area (Å²) < 4.78 is 24.3. The van der Waals surface area contributed by atoms with Gasteiger partial charge in [-0.05, 0) is 50.1 Å². The van der Waals surface area contributed by atoms with Gasteiger partial charge >= 0.3 is 0 Å². The molecule has 4 N–H and O–H groups in total. The Labute approximate surface area is 169 Å². The lowest BCUT2D eigenvalue weighted by Gasteiger charge is -2.12. The van der Waals surface area contributed by atoms with E-state index < -0.39 is 27.0 Å². The van der Waals surface area contributed by atoms with Gasteiger partial charge in [0, 0.05) is 11.6 Å². The molecule has 2 atom stereocenters. The molecule has 9 heteroatoms. The second-order valence-corrected chi connectivity index (χ2v) is 9.61. The molecule has 0 aromatic heterocycles. The van der Waals surface area contributed by atoms with Crippen molar-refractivity contribution < 1.29 is 18.0 Å². The minimum Gasteiger partial charge on any atom is -0.271 e. The summed E-state index contributed by atoms with van der Waals surface area (Å²) in [5.74, 6) is -0.902. The van der Waals surface area contributed by atoms with Crippen molar-refractivity contribution in [3.05, 3.63) is 65.7 Å². The number of amides is 2. The Bertz CT molecular complexity index is 975. The molecule has 1 aliphatic heterocycles. The number of rotatable bonds is 5. The number of hydrogen-bond donors (Lipinski definition) is 4. The summed E-state index contributed by atoms with van der Waals surface area (Å²) in [7, 11) is -3.40. The second-order valence-electron chi connectivity index (χ2n) is 7.10. The maximum Gasteiger partial charge on any atom is 0.269 e. The molecule has 0 aliphatic carbocycles. The molecule has 2 aromatic rings. The van der Waals surface area contributed by atoms with Crippen LogP contribution in [0.15, 0.2) is 59.5 Å². The SMILES string of the molecule is CC(C)S(=O)(=O)c1ccc(C(=O)NNC(=O)C2CC(c3ccccc3)NN2)cc1. The van der Waals surface area contributed by atoms with Crippen LogP contribution in [0.2, 0.25) is 0 Å². The average Bonchev–Trinajstić information content (AvgIpc) is 3.23. The van der Waals surface area contributed by atoms with Crippen LogP contribution in [0.1, 0.15) is 42.2 Å². The zero-order valence-electron chi connectivity index (χ0n) is 16.2. The van der Waals surface area contributed by atoms with Crippen molar-refractivity contribution >= 4 is 21.7 Å². The van der Waals surface area contributed by atoms with Crippen molar-refractivity contribution in [3.63, 3.8) is 0 Å². The third-order valence-corrected chi connectivity index (χ3v) is 6.96. The lowest BCUT2D eigenvalue weighted by atomic mass is 10.0. The summed E-state index contributed by atoms with van der Waals surface area (Å²) in [4.78, 5) is 24.7. The molecule has 1 fully saturated rings. The molecule has 1 saturated heterocycles. The van der Waals surface area contributed by atoms with Crippen molar-refractivity contribution in [2.75, 3.05) is 0 Å². The van der Waals surface area contributed by atoms with Gasteiger partial charge in [0.05, 0.1) is 10.1 Å². The third-order valence-electron chi connectivity index (χ3n) is 4.79. The predicted molar refractivity (Wildman–Crippen MR) is 108 cm³/mol. The first-order chi connectivity index (χ1) is 13.8. The second kappa shape index (κ2) is 8.73. The third kappa shape index (κ3) is 4.81. The normalized spacial score (nSPS) is 19.1. The van der Waals surface area contributed by atoms with Crippen LogP contribution in [-0.2, 0) is 14.6 Å². The largest absolute Gasteiger partial charge is 0.271 e.